The van der Waals surface area contributed by atoms with Gasteiger partial charge in [0.1, 0.15) is 5.75 Å². The van der Waals surface area contributed by atoms with Gasteiger partial charge in [-0.3, -0.25) is 9.59 Å². The molecule has 2 heterocycles. The predicted molar refractivity (Wildman–Crippen MR) is 106 cm³/mol. The molecule has 2 amide bonds. The van der Waals surface area contributed by atoms with Crippen molar-refractivity contribution >= 4 is 23.7 Å². The van der Waals surface area contributed by atoms with Gasteiger partial charge < -0.3 is 19.1 Å². The molecule has 1 N–H and O–H groups in total. The van der Waals surface area contributed by atoms with E-state index in [-0.39, 0.29) is 25.0 Å². The Labute approximate surface area is 168 Å². The summed E-state index contributed by atoms with van der Waals surface area (Å²) in [4.78, 5) is 26.4. The van der Waals surface area contributed by atoms with Crippen LogP contribution in [0.5, 0.6) is 17.2 Å². The molecule has 0 radical (unpaired) electrons. The molecule has 0 aliphatic carbocycles. The van der Waals surface area contributed by atoms with Crippen molar-refractivity contribution in [3.8, 4) is 17.2 Å². The third kappa shape index (κ3) is 4.16. The Balaban J connectivity index is 1.34. The second kappa shape index (κ2) is 8.22. The average molecular weight is 395 g/mol. The lowest BCUT2D eigenvalue weighted by Crippen LogP contribution is -2.30. The number of hydrazone groups is 1. The van der Waals surface area contributed by atoms with Crippen molar-refractivity contribution < 1.29 is 23.8 Å². The van der Waals surface area contributed by atoms with Crippen molar-refractivity contribution in [1.82, 2.24) is 5.43 Å². The van der Waals surface area contributed by atoms with Gasteiger partial charge in [0.15, 0.2) is 11.5 Å². The molecule has 8 heteroatoms. The summed E-state index contributed by atoms with van der Waals surface area (Å²) in [6.45, 7) is 3.01. The quantitative estimate of drug-likeness (QED) is 0.599. The van der Waals surface area contributed by atoms with E-state index in [9.17, 15) is 9.59 Å². The maximum absolute atomic E-state index is 12.4. The van der Waals surface area contributed by atoms with Crippen molar-refractivity contribution in [2.75, 3.05) is 24.8 Å². The molecule has 29 heavy (non-hydrogen) atoms. The lowest BCUT2D eigenvalue weighted by molar-refractivity contribution is -0.126. The predicted octanol–water partition coefficient (Wildman–Crippen LogP) is 2.32. The third-order valence-electron chi connectivity index (χ3n) is 4.74. The summed E-state index contributed by atoms with van der Waals surface area (Å²) in [5.41, 5.74) is 4.04. The van der Waals surface area contributed by atoms with Crippen LogP contribution in [0.1, 0.15) is 18.9 Å². The average Bonchev–Trinajstić information content (AvgIpc) is 3.35. The van der Waals surface area contributed by atoms with Crippen molar-refractivity contribution in [1.29, 1.82) is 0 Å². The fraction of sp³-hybridized carbons (Fsp3) is 0.286. The number of fused-ring (bicyclic) bond motifs is 1. The fourth-order valence-corrected chi connectivity index (χ4v) is 3.28. The van der Waals surface area contributed by atoms with Crippen molar-refractivity contribution in [3.05, 3.63) is 48.0 Å². The molecule has 0 aromatic heterocycles. The maximum atomic E-state index is 12.4. The first-order valence-electron chi connectivity index (χ1n) is 9.40. The number of carbonyl (C=O) groups is 2. The summed E-state index contributed by atoms with van der Waals surface area (Å²) in [7, 11) is 0. The zero-order valence-electron chi connectivity index (χ0n) is 16.0. The van der Waals surface area contributed by atoms with Crippen LogP contribution in [0.25, 0.3) is 0 Å². The van der Waals surface area contributed by atoms with Crippen LogP contribution in [-0.2, 0) is 9.59 Å². The van der Waals surface area contributed by atoms with Crippen molar-refractivity contribution in [2.24, 2.45) is 11.0 Å². The molecule has 4 rings (SSSR count). The Kier molecular flexibility index (Phi) is 5.33. The van der Waals surface area contributed by atoms with Gasteiger partial charge in [-0.15, -0.1) is 0 Å². The van der Waals surface area contributed by atoms with Crippen LogP contribution >= 0.6 is 0 Å². The summed E-state index contributed by atoms with van der Waals surface area (Å²) in [5.74, 6) is 1.24. The van der Waals surface area contributed by atoms with Crippen LogP contribution in [0, 0.1) is 5.92 Å². The van der Waals surface area contributed by atoms with Gasteiger partial charge in [-0.2, -0.15) is 5.10 Å². The van der Waals surface area contributed by atoms with Gasteiger partial charge >= 0.3 is 0 Å². The van der Waals surface area contributed by atoms with Gasteiger partial charge in [0.2, 0.25) is 18.6 Å². The summed E-state index contributed by atoms with van der Waals surface area (Å²) < 4.78 is 16.0. The van der Waals surface area contributed by atoms with E-state index in [0.29, 0.717) is 24.7 Å². The van der Waals surface area contributed by atoms with Gasteiger partial charge in [0.25, 0.3) is 0 Å². The minimum Gasteiger partial charge on any atom is -0.494 e. The number of rotatable bonds is 6. The molecule has 2 aliphatic heterocycles. The highest BCUT2D eigenvalue weighted by Gasteiger charge is 2.35. The monoisotopic (exact) mass is 395 g/mol. The zero-order chi connectivity index (χ0) is 20.2. The van der Waals surface area contributed by atoms with E-state index in [1.54, 1.807) is 17.0 Å². The number of carbonyl (C=O) groups excluding carboxylic acids is 2. The standard InChI is InChI=1S/C21H21N3O5/c1-2-27-17-6-4-16(5-7-17)24-12-15(10-20(24)25)21(26)23-22-11-14-3-8-18-19(9-14)29-13-28-18/h3-9,11,15H,2,10,12-13H2,1H3,(H,23,26)/b22-11-/t15-/m0/s1. The van der Waals surface area contributed by atoms with E-state index < -0.39 is 5.92 Å². The number of hydrogen-bond acceptors (Lipinski definition) is 6. The number of anilines is 1. The van der Waals surface area contributed by atoms with E-state index in [4.69, 9.17) is 14.2 Å². The van der Waals surface area contributed by atoms with Crippen LogP contribution in [0.4, 0.5) is 5.69 Å². The minimum atomic E-state index is -0.456. The number of hydrogen-bond donors (Lipinski definition) is 1. The highest BCUT2D eigenvalue weighted by molar-refractivity contribution is 6.00. The normalized spacial score (nSPS) is 17.8. The van der Waals surface area contributed by atoms with Gasteiger partial charge in [-0.05, 0) is 55.0 Å². The highest BCUT2D eigenvalue weighted by atomic mass is 16.7. The number of ether oxygens (including phenoxy) is 3. The van der Waals surface area contributed by atoms with Gasteiger partial charge in [0.05, 0.1) is 18.7 Å². The first kappa shape index (κ1) is 18.8. The third-order valence-corrected chi connectivity index (χ3v) is 4.74. The van der Waals surface area contributed by atoms with E-state index in [2.05, 4.69) is 10.5 Å². The van der Waals surface area contributed by atoms with Crippen LogP contribution in [-0.4, -0.2) is 38.0 Å². The topological polar surface area (TPSA) is 89.5 Å². The molecule has 1 atom stereocenters. The van der Waals surface area contributed by atoms with Crippen LogP contribution in [0.15, 0.2) is 47.6 Å². The Hall–Kier alpha value is -3.55. The van der Waals surface area contributed by atoms with Crippen LogP contribution in [0.3, 0.4) is 0 Å². The Morgan fingerprint density at radius 3 is 2.83 bits per heavy atom. The van der Waals surface area contributed by atoms with Gasteiger partial charge in [-0.1, -0.05) is 0 Å². The molecular weight excluding hydrogens is 374 g/mol. The highest BCUT2D eigenvalue weighted by Crippen LogP contribution is 2.32. The SMILES string of the molecule is CCOc1ccc(N2C[C@@H](C(=O)N/N=C\c3ccc4c(c3)OCO4)CC2=O)cc1. The Bertz CT molecular complexity index is 942. The molecule has 2 aromatic rings. The van der Waals surface area contributed by atoms with E-state index in [1.165, 1.54) is 6.21 Å². The fourth-order valence-electron chi connectivity index (χ4n) is 3.28. The number of nitrogens with zero attached hydrogens (tertiary/aromatic N) is 2. The second-order valence-electron chi connectivity index (χ2n) is 6.68. The van der Waals surface area contributed by atoms with Crippen molar-refractivity contribution in [2.45, 2.75) is 13.3 Å². The molecule has 2 aromatic carbocycles. The van der Waals surface area contributed by atoms with Crippen molar-refractivity contribution in [3.63, 3.8) is 0 Å². The summed E-state index contributed by atoms with van der Waals surface area (Å²) in [6.07, 6.45) is 1.68. The Morgan fingerprint density at radius 1 is 1.24 bits per heavy atom. The molecular formula is C21H21N3O5. The smallest absolute Gasteiger partial charge is 0.245 e. The molecule has 0 bridgehead atoms. The van der Waals surface area contributed by atoms with E-state index in [0.717, 1.165) is 17.0 Å². The van der Waals surface area contributed by atoms with Crippen LogP contribution < -0.4 is 24.5 Å². The summed E-state index contributed by atoms with van der Waals surface area (Å²) >= 11 is 0. The largest absolute Gasteiger partial charge is 0.494 e. The first-order valence-corrected chi connectivity index (χ1v) is 9.40. The Morgan fingerprint density at radius 2 is 2.03 bits per heavy atom. The molecule has 1 fully saturated rings. The first-order chi connectivity index (χ1) is 14.1. The molecule has 8 nitrogen and oxygen atoms in total. The van der Waals surface area contributed by atoms with Crippen LogP contribution in [0.2, 0.25) is 0 Å². The summed E-state index contributed by atoms with van der Waals surface area (Å²) in [6, 6.07) is 12.7. The maximum Gasteiger partial charge on any atom is 0.245 e. The number of nitrogens with one attached hydrogen (secondary N) is 1. The zero-order valence-corrected chi connectivity index (χ0v) is 16.0. The lowest BCUT2D eigenvalue weighted by Gasteiger charge is -2.17. The van der Waals surface area contributed by atoms with E-state index in [1.807, 2.05) is 37.3 Å². The molecule has 0 unspecified atom stereocenters. The molecule has 1 saturated heterocycles. The minimum absolute atomic E-state index is 0.0888. The van der Waals surface area contributed by atoms with E-state index >= 15 is 0 Å². The molecule has 2 aliphatic rings. The lowest BCUT2D eigenvalue weighted by atomic mass is 10.1. The molecule has 0 saturated carbocycles. The second-order valence-corrected chi connectivity index (χ2v) is 6.68. The van der Waals surface area contributed by atoms with Gasteiger partial charge in [-0.25, -0.2) is 5.43 Å². The summed E-state index contributed by atoms with van der Waals surface area (Å²) in [5, 5.41) is 4.00. The molecule has 0 spiro atoms. The number of benzene rings is 2. The van der Waals surface area contributed by atoms with Gasteiger partial charge in [0, 0.05) is 18.7 Å². The molecule has 150 valence electrons. The number of amides is 2.